The Balaban J connectivity index is 1.88. The first-order valence-electron chi connectivity index (χ1n) is 10.9. The van der Waals surface area contributed by atoms with Crippen LogP contribution in [0.4, 0.5) is 14.5 Å². The molecule has 1 unspecified atom stereocenters. The molecular formula is C26H24F2N2O6S. The average molecular weight is 531 g/mol. The predicted octanol–water partition coefficient (Wildman–Crippen LogP) is 4.91. The van der Waals surface area contributed by atoms with Crippen molar-refractivity contribution in [1.82, 2.24) is 4.98 Å². The van der Waals surface area contributed by atoms with Gasteiger partial charge in [0, 0.05) is 52.9 Å². The van der Waals surface area contributed by atoms with Crippen molar-refractivity contribution in [2.24, 2.45) is 0 Å². The number of carbonyl (C=O) groups excluding carboxylic acids is 1. The molecule has 3 aromatic carbocycles. The molecular weight excluding hydrogens is 506 g/mol. The van der Waals surface area contributed by atoms with Gasteiger partial charge in [-0.2, -0.15) is 0 Å². The monoisotopic (exact) mass is 530 g/mol. The quantitative estimate of drug-likeness (QED) is 0.296. The second-order valence-electron chi connectivity index (χ2n) is 8.23. The van der Waals surface area contributed by atoms with Crippen LogP contribution >= 0.6 is 0 Å². The lowest BCUT2D eigenvalue weighted by atomic mass is 9.95. The molecule has 1 atom stereocenters. The Kier molecular flexibility index (Phi) is 7.08. The highest BCUT2D eigenvalue weighted by molar-refractivity contribution is 7.90. The average Bonchev–Trinajstić information content (AvgIpc) is 3.28. The van der Waals surface area contributed by atoms with E-state index in [1.165, 1.54) is 70.0 Å². The number of ether oxygens (including phenoxy) is 3. The van der Waals surface area contributed by atoms with Gasteiger partial charge in [0.1, 0.15) is 23.4 Å². The number of nitrogens with one attached hydrogen (secondary N) is 2. The van der Waals surface area contributed by atoms with Gasteiger partial charge in [0.25, 0.3) is 0 Å². The van der Waals surface area contributed by atoms with Crippen molar-refractivity contribution in [3.63, 3.8) is 0 Å². The lowest BCUT2D eigenvalue weighted by Crippen LogP contribution is -2.22. The van der Waals surface area contributed by atoms with Crippen LogP contribution in [0.15, 0.2) is 59.6 Å². The van der Waals surface area contributed by atoms with Crippen LogP contribution in [0, 0.1) is 11.6 Å². The predicted molar refractivity (Wildman–Crippen MR) is 135 cm³/mol. The van der Waals surface area contributed by atoms with Gasteiger partial charge < -0.3 is 24.5 Å². The van der Waals surface area contributed by atoms with Gasteiger partial charge in [-0.15, -0.1) is 0 Å². The summed E-state index contributed by atoms with van der Waals surface area (Å²) in [6.07, 6.45) is 2.48. The van der Waals surface area contributed by atoms with E-state index in [0.717, 1.165) is 12.3 Å². The number of ketones is 1. The third-order valence-electron chi connectivity index (χ3n) is 5.84. The maximum absolute atomic E-state index is 14.5. The van der Waals surface area contributed by atoms with E-state index >= 15 is 0 Å². The number of rotatable bonds is 9. The van der Waals surface area contributed by atoms with Crippen molar-refractivity contribution in [1.29, 1.82) is 0 Å². The third-order valence-corrected chi connectivity index (χ3v) is 6.94. The first-order chi connectivity index (χ1) is 17.5. The Morgan fingerprint density at radius 1 is 0.946 bits per heavy atom. The summed E-state index contributed by atoms with van der Waals surface area (Å²) in [4.78, 5) is 16.9. The molecule has 0 radical (unpaired) electrons. The van der Waals surface area contributed by atoms with Gasteiger partial charge >= 0.3 is 0 Å². The van der Waals surface area contributed by atoms with Crippen LogP contribution in [0.2, 0.25) is 0 Å². The maximum Gasteiger partial charge on any atom is 0.191 e. The Morgan fingerprint density at radius 2 is 1.68 bits per heavy atom. The summed E-state index contributed by atoms with van der Waals surface area (Å²) < 4.78 is 68.6. The van der Waals surface area contributed by atoms with Crippen LogP contribution in [0.1, 0.15) is 22.0 Å². The molecule has 0 saturated carbocycles. The summed E-state index contributed by atoms with van der Waals surface area (Å²) in [6, 6.07) is 9.36. The lowest BCUT2D eigenvalue weighted by molar-refractivity contribution is 0.0970. The van der Waals surface area contributed by atoms with Gasteiger partial charge in [-0.3, -0.25) is 4.79 Å². The minimum atomic E-state index is -3.62. The molecule has 0 amide bonds. The van der Waals surface area contributed by atoms with Crippen LogP contribution in [-0.4, -0.2) is 46.8 Å². The maximum atomic E-state index is 14.5. The number of benzene rings is 3. The highest BCUT2D eigenvalue weighted by atomic mass is 32.2. The first-order valence-corrected chi connectivity index (χ1v) is 12.8. The smallest absolute Gasteiger partial charge is 0.191 e. The van der Waals surface area contributed by atoms with Crippen LogP contribution in [0.25, 0.3) is 10.9 Å². The van der Waals surface area contributed by atoms with E-state index in [9.17, 15) is 22.0 Å². The van der Waals surface area contributed by atoms with Crippen molar-refractivity contribution in [2.45, 2.75) is 10.9 Å². The zero-order chi connectivity index (χ0) is 26.9. The fourth-order valence-electron chi connectivity index (χ4n) is 4.00. The number of anilines is 1. The van der Waals surface area contributed by atoms with Gasteiger partial charge in [0.05, 0.1) is 31.7 Å². The molecule has 2 N–H and O–H groups in total. The number of sulfone groups is 1. The molecule has 37 heavy (non-hydrogen) atoms. The summed E-state index contributed by atoms with van der Waals surface area (Å²) in [7, 11) is 0.428. The summed E-state index contributed by atoms with van der Waals surface area (Å²) >= 11 is 0. The number of Topliss-reactive ketones (excluding diaryl/α,β-unsaturated/α-hetero) is 1. The summed E-state index contributed by atoms with van der Waals surface area (Å²) in [5.74, 6) is -1.40. The summed E-state index contributed by atoms with van der Waals surface area (Å²) in [6.45, 7) is 0. The minimum absolute atomic E-state index is 0.00733. The molecule has 1 heterocycles. The molecule has 4 aromatic rings. The minimum Gasteiger partial charge on any atom is -0.497 e. The highest BCUT2D eigenvalue weighted by Crippen LogP contribution is 2.36. The topological polar surface area (TPSA) is 107 Å². The number of aromatic nitrogens is 1. The van der Waals surface area contributed by atoms with Crippen molar-refractivity contribution in [3.8, 4) is 17.2 Å². The van der Waals surface area contributed by atoms with Crippen molar-refractivity contribution in [3.05, 3.63) is 77.5 Å². The van der Waals surface area contributed by atoms with Crippen LogP contribution in [-0.2, 0) is 9.84 Å². The largest absolute Gasteiger partial charge is 0.497 e. The number of halogens is 2. The molecule has 11 heteroatoms. The molecule has 1 aromatic heterocycles. The second kappa shape index (κ2) is 10.1. The Morgan fingerprint density at radius 3 is 2.32 bits per heavy atom. The second-order valence-corrected chi connectivity index (χ2v) is 10.2. The van der Waals surface area contributed by atoms with E-state index in [0.29, 0.717) is 10.9 Å². The number of hydrogen-bond acceptors (Lipinski definition) is 7. The van der Waals surface area contributed by atoms with Gasteiger partial charge in [0.15, 0.2) is 27.2 Å². The molecule has 0 bridgehead atoms. The zero-order valence-electron chi connectivity index (χ0n) is 20.4. The van der Waals surface area contributed by atoms with E-state index in [1.54, 1.807) is 0 Å². The third kappa shape index (κ3) is 5.21. The van der Waals surface area contributed by atoms with Crippen LogP contribution < -0.4 is 19.5 Å². The van der Waals surface area contributed by atoms with Gasteiger partial charge in [0.2, 0.25) is 0 Å². The SMILES string of the molecule is COc1cc(NC(C(=O)c2c[nH]c3cc(OC)c(F)cc23)c2ccc(F)cc2OC)cc(S(C)(=O)=O)c1. The number of fused-ring (bicyclic) bond motifs is 1. The first kappa shape index (κ1) is 26.0. The Bertz CT molecular complexity index is 1600. The molecule has 0 aliphatic heterocycles. The zero-order valence-corrected chi connectivity index (χ0v) is 21.2. The van der Waals surface area contributed by atoms with E-state index < -0.39 is 33.3 Å². The summed E-state index contributed by atoms with van der Waals surface area (Å²) in [5.41, 5.74) is 1.14. The fourth-order valence-corrected chi connectivity index (χ4v) is 4.67. The molecule has 8 nitrogen and oxygen atoms in total. The number of carbonyl (C=O) groups is 1. The van der Waals surface area contributed by atoms with E-state index in [4.69, 9.17) is 14.2 Å². The molecule has 194 valence electrons. The molecule has 0 spiro atoms. The lowest BCUT2D eigenvalue weighted by Gasteiger charge is -2.22. The Labute approximate surface area is 212 Å². The van der Waals surface area contributed by atoms with Crippen molar-refractivity contribution < 1.29 is 36.2 Å². The Hall–Kier alpha value is -4.12. The van der Waals surface area contributed by atoms with E-state index in [1.807, 2.05) is 0 Å². The van der Waals surface area contributed by atoms with Crippen molar-refractivity contribution >= 4 is 32.2 Å². The standard InChI is InChI=1S/C26H24F2N2O6S/c1-34-16-8-15(9-17(10-16)37(4,32)33)30-25(18-6-5-14(27)7-23(18)35-2)26(31)20-13-29-22-12-24(36-3)21(28)11-19(20)22/h5-13,25,29-30H,1-4H3. The highest BCUT2D eigenvalue weighted by Gasteiger charge is 2.28. The number of H-pyrrole nitrogens is 1. The van der Waals surface area contributed by atoms with Gasteiger partial charge in [-0.25, -0.2) is 17.2 Å². The van der Waals surface area contributed by atoms with E-state index in [-0.39, 0.29) is 39.0 Å². The molecule has 0 saturated heterocycles. The van der Waals surface area contributed by atoms with Crippen molar-refractivity contribution in [2.75, 3.05) is 32.9 Å². The molecule has 4 rings (SSSR count). The molecule has 0 aliphatic rings. The number of methoxy groups -OCH3 is 3. The van der Waals surface area contributed by atoms with E-state index in [2.05, 4.69) is 10.3 Å². The normalized spacial score (nSPS) is 12.3. The van der Waals surface area contributed by atoms with Crippen LogP contribution in [0.3, 0.4) is 0 Å². The molecule has 0 fully saturated rings. The van der Waals surface area contributed by atoms with Crippen LogP contribution in [0.5, 0.6) is 17.2 Å². The molecule has 0 aliphatic carbocycles. The number of aromatic amines is 1. The number of hydrogen-bond donors (Lipinski definition) is 2. The van der Waals surface area contributed by atoms with Gasteiger partial charge in [-0.05, 0) is 30.3 Å². The van der Waals surface area contributed by atoms with Gasteiger partial charge in [-0.1, -0.05) is 0 Å². The summed E-state index contributed by atoms with van der Waals surface area (Å²) in [5, 5.41) is 3.34. The fraction of sp³-hybridized carbons (Fsp3) is 0.192.